The minimum absolute atomic E-state index is 0.223. The van der Waals surface area contributed by atoms with Crippen LogP contribution >= 0.6 is 27.5 Å². The molecule has 0 unspecified atom stereocenters. The van der Waals surface area contributed by atoms with Crippen molar-refractivity contribution in [3.63, 3.8) is 0 Å². The molecular formula is C14H11BrClNO3. The van der Waals surface area contributed by atoms with Gasteiger partial charge in [0.15, 0.2) is 5.75 Å². The van der Waals surface area contributed by atoms with E-state index in [-0.39, 0.29) is 11.3 Å². The van der Waals surface area contributed by atoms with Gasteiger partial charge in [-0.25, -0.2) is 4.79 Å². The number of para-hydroxylation sites is 1. The minimum Gasteiger partial charge on any atom is -0.465 e. The molecule has 0 radical (unpaired) electrons. The topological polar surface area (TPSA) is 61.5 Å². The second kappa shape index (κ2) is 6.15. The second-order valence-corrected chi connectivity index (χ2v) is 5.18. The number of ether oxygens (including phenoxy) is 2. The number of esters is 1. The van der Waals surface area contributed by atoms with Crippen LogP contribution in [-0.4, -0.2) is 13.1 Å². The Morgan fingerprint density at radius 1 is 1.25 bits per heavy atom. The fraction of sp³-hybridized carbons (Fsp3) is 0.0714. The van der Waals surface area contributed by atoms with E-state index in [1.165, 1.54) is 7.11 Å². The van der Waals surface area contributed by atoms with Crippen LogP contribution in [0.3, 0.4) is 0 Å². The number of nitrogens with two attached hydrogens (primary N) is 1. The van der Waals surface area contributed by atoms with E-state index < -0.39 is 5.97 Å². The first-order valence-corrected chi connectivity index (χ1v) is 6.79. The lowest BCUT2D eigenvalue weighted by Crippen LogP contribution is -2.06. The van der Waals surface area contributed by atoms with Gasteiger partial charge in [-0.3, -0.25) is 0 Å². The zero-order chi connectivity index (χ0) is 14.7. The third-order valence-electron chi connectivity index (χ3n) is 2.59. The van der Waals surface area contributed by atoms with E-state index in [1.54, 1.807) is 36.4 Å². The van der Waals surface area contributed by atoms with E-state index in [1.807, 2.05) is 0 Å². The molecule has 2 aromatic carbocycles. The van der Waals surface area contributed by atoms with Crippen LogP contribution in [0.2, 0.25) is 5.02 Å². The number of halogens is 2. The first kappa shape index (κ1) is 14.7. The number of nitrogen functional groups attached to an aromatic ring is 1. The van der Waals surface area contributed by atoms with E-state index in [0.717, 1.165) is 0 Å². The summed E-state index contributed by atoms with van der Waals surface area (Å²) in [6.45, 7) is 0. The number of carbonyl (C=O) groups is 1. The zero-order valence-electron chi connectivity index (χ0n) is 10.5. The van der Waals surface area contributed by atoms with Crippen molar-refractivity contribution in [3.05, 3.63) is 51.5 Å². The highest BCUT2D eigenvalue weighted by Gasteiger charge is 2.14. The van der Waals surface area contributed by atoms with Crippen LogP contribution in [0.15, 0.2) is 40.9 Å². The van der Waals surface area contributed by atoms with Crippen molar-refractivity contribution in [2.24, 2.45) is 0 Å². The summed E-state index contributed by atoms with van der Waals surface area (Å²) < 4.78 is 11.0. The lowest BCUT2D eigenvalue weighted by molar-refractivity contribution is 0.0601. The molecule has 0 amide bonds. The first-order valence-electron chi connectivity index (χ1n) is 5.62. The maximum Gasteiger partial charge on any atom is 0.340 e. The average molecular weight is 357 g/mol. The minimum atomic E-state index is -0.511. The Kier molecular flexibility index (Phi) is 4.52. The van der Waals surface area contributed by atoms with Gasteiger partial charge in [0.25, 0.3) is 0 Å². The number of methoxy groups -OCH3 is 1. The highest BCUT2D eigenvalue weighted by molar-refractivity contribution is 9.10. The molecule has 0 aliphatic rings. The highest BCUT2D eigenvalue weighted by atomic mass is 79.9. The van der Waals surface area contributed by atoms with Gasteiger partial charge in [0.1, 0.15) is 5.75 Å². The number of anilines is 1. The van der Waals surface area contributed by atoms with Gasteiger partial charge in [-0.15, -0.1) is 0 Å². The van der Waals surface area contributed by atoms with Crippen molar-refractivity contribution < 1.29 is 14.3 Å². The van der Waals surface area contributed by atoms with Gasteiger partial charge in [0.05, 0.1) is 22.8 Å². The van der Waals surface area contributed by atoms with E-state index in [2.05, 4.69) is 20.7 Å². The van der Waals surface area contributed by atoms with Gasteiger partial charge in [-0.2, -0.15) is 0 Å². The molecule has 4 nitrogen and oxygen atoms in total. The third kappa shape index (κ3) is 3.05. The summed E-state index contributed by atoms with van der Waals surface area (Å²) in [4.78, 5) is 11.6. The maximum atomic E-state index is 11.6. The molecule has 0 aliphatic carbocycles. The quantitative estimate of drug-likeness (QED) is 0.659. The molecule has 0 aliphatic heterocycles. The van der Waals surface area contributed by atoms with Crippen molar-refractivity contribution in [1.82, 2.24) is 0 Å². The standard InChI is InChI=1S/C14H11BrClNO3/c1-19-14(18)9-3-2-4-12(13(9)17)20-11-6-5-8(16)7-10(11)15/h2-7H,17H2,1H3. The van der Waals surface area contributed by atoms with E-state index in [0.29, 0.717) is 21.0 Å². The molecule has 0 saturated carbocycles. The van der Waals surface area contributed by atoms with Crippen LogP contribution in [0.25, 0.3) is 0 Å². The van der Waals surface area contributed by atoms with E-state index in [9.17, 15) is 4.79 Å². The molecule has 0 spiro atoms. The van der Waals surface area contributed by atoms with Crippen LogP contribution in [-0.2, 0) is 4.74 Å². The molecule has 2 N–H and O–H groups in total. The monoisotopic (exact) mass is 355 g/mol. The zero-order valence-corrected chi connectivity index (χ0v) is 12.9. The summed E-state index contributed by atoms with van der Waals surface area (Å²) in [5.41, 5.74) is 6.40. The SMILES string of the molecule is COC(=O)c1cccc(Oc2ccc(Cl)cc2Br)c1N. The number of carbonyl (C=O) groups excluding carboxylic acids is 1. The summed E-state index contributed by atoms with van der Waals surface area (Å²) in [5, 5.41) is 0.584. The number of benzene rings is 2. The summed E-state index contributed by atoms with van der Waals surface area (Å²) in [6.07, 6.45) is 0. The molecule has 0 heterocycles. The van der Waals surface area contributed by atoms with Crippen LogP contribution in [0, 0.1) is 0 Å². The Morgan fingerprint density at radius 2 is 2.00 bits per heavy atom. The van der Waals surface area contributed by atoms with Gasteiger partial charge in [0.2, 0.25) is 0 Å². The van der Waals surface area contributed by atoms with Gasteiger partial charge in [-0.1, -0.05) is 17.7 Å². The molecule has 6 heteroatoms. The molecule has 0 aromatic heterocycles. The Hall–Kier alpha value is -1.72. The van der Waals surface area contributed by atoms with Crippen LogP contribution in [0.4, 0.5) is 5.69 Å². The first-order chi connectivity index (χ1) is 9.52. The Morgan fingerprint density at radius 3 is 2.65 bits per heavy atom. The molecule has 0 fully saturated rings. The van der Waals surface area contributed by atoms with Crippen LogP contribution in [0.5, 0.6) is 11.5 Å². The van der Waals surface area contributed by atoms with Crippen molar-refractivity contribution in [2.75, 3.05) is 12.8 Å². The van der Waals surface area contributed by atoms with Crippen molar-refractivity contribution in [3.8, 4) is 11.5 Å². The molecule has 0 bridgehead atoms. The Bertz CT molecular complexity index is 661. The predicted octanol–water partition coefficient (Wildman–Crippen LogP) is 4.26. The largest absolute Gasteiger partial charge is 0.465 e. The molecule has 2 rings (SSSR count). The number of hydrogen-bond donors (Lipinski definition) is 1. The average Bonchev–Trinajstić information content (AvgIpc) is 2.43. The molecule has 104 valence electrons. The van der Waals surface area contributed by atoms with Gasteiger partial charge in [0, 0.05) is 5.02 Å². The van der Waals surface area contributed by atoms with Gasteiger partial charge >= 0.3 is 5.97 Å². The van der Waals surface area contributed by atoms with E-state index >= 15 is 0 Å². The lowest BCUT2D eigenvalue weighted by atomic mass is 10.1. The van der Waals surface area contributed by atoms with Crippen molar-refractivity contribution in [1.29, 1.82) is 0 Å². The normalized spacial score (nSPS) is 10.2. The highest BCUT2D eigenvalue weighted by Crippen LogP contribution is 2.35. The molecule has 0 atom stereocenters. The lowest BCUT2D eigenvalue weighted by Gasteiger charge is -2.12. The summed E-state index contributed by atoms with van der Waals surface area (Å²) in [7, 11) is 1.30. The van der Waals surface area contributed by atoms with E-state index in [4.69, 9.17) is 22.1 Å². The summed E-state index contributed by atoms with van der Waals surface area (Å²) >= 11 is 9.21. The van der Waals surface area contributed by atoms with Crippen molar-refractivity contribution in [2.45, 2.75) is 0 Å². The van der Waals surface area contributed by atoms with Crippen LogP contribution < -0.4 is 10.5 Å². The number of hydrogen-bond acceptors (Lipinski definition) is 4. The maximum absolute atomic E-state index is 11.6. The van der Waals surface area contributed by atoms with Crippen LogP contribution in [0.1, 0.15) is 10.4 Å². The summed E-state index contributed by atoms with van der Waals surface area (Å²) in [5.74, 6) is 0.405. The smallest absolute Gasteiger partial charge is 0.340 e. The van der Waals surface area contributed by atoms with Crippen molar-refractivity contribution >= 4 is 39.2 Å². The van der Waals surface area contributed by atoms with Gasteiger partial charge < -0.3 is 15.2 Å². The predicted molar refractivity (Wildman–Crippen MR) is 81.4 cm³/mol. The molecular weight excluding hydrogens is 346 g/mol. The second-order valence-electron chi connectivity index (χ2n) is 3.89. The molecule has 20 heavy (non-hydrogen) atoms. The fourth-order valence-electron chi connectivity index (χ4n) is 1.60. The van der Waals surface area contributed by atoms with Gasteiger partial charge in [-0.05, 0) is 46.3 Å². The fourth-order valence-corrected chi connectivity index (χ4v) is 2.36. The number of rotatable bonds is 3. The Balaban J connectivity index is 2.37. The molecule has 2 aromatic rings. The molecule has 0 saturated heterocycles. The Labute approximate surface area is 129 Å². The summed E-state index contributed by atoms with van der Waals surface area (Å²) in [6, 6.07) is 10.0. The third-order valence-corrected chi connectivity index (χ3v) is 3.44.